The van der Waals surface area contributed by atoms with Crippen molar-refractivity contribution in [2.24, 2.45) is 0 Å². The number of nitro benzene ring substituents is 1. The van der Waals surface area contributed by atoms with Gasteiger partial charge in [0.1, 0.15) is 0 Å². The van der Waals surface area contributed by atoms with Crippen LogP contribution in [0.1, 0.15) is 32.1 Å². The van der Waals surface area contributed by atoms with Gasteiger partial charge in [-0.2, -0.15) is 0 Å². The van der Waals surface area contributed by atoms with Crippen LogP contribution in [-0.2, 0) is 0 Å². The van der Waals surface area contributed by atoms with Crippen molar-refractivity contribution in [3.8, 4) is 0 Å². The molecule has 114 valence electrons. The van der Waals surface area contributed by atoms with Crippen molar-refractivity contribution in [2.45, 2.75) is 38.1 Å². The van der Waals surface area contributed by atoms with Crippen LogP contribution in [0.15, 0.2) is 24.3 Å². The molecule has 0 bridgehead atoms. The Kier molecular flexibility index (Phi) is 5.25. The number of urea groups is 1. The third kappa shape index (κ3) is 3.77. The molecule has 0 saturated heterocycles. The standard InChI is InChI=1S/C13H15Cl2N3O3/c14-16(10-4-2-1-3-5-10)13(19)17(15)11-6-8-12(9-7-11)18(20)21/h6-10H,1-5H2. The van der Waals surface area contributed by atoms with E-state index in [-0.39, 0.29) is 11.7 Å². The van der Waals surface area contributed by atoms with Crippen molar-refractivity contribution >= 4 is 41.0 Å². The lowest BCUT2D eigenvalue weighted by atomic mass is 9.96. The summed E-state index contributed by atoms with van der Waals surface area (Å²) in [7, 11) is 0. The highest BCUT2D eigenvalue weighted by molar-refractivity contribution is 6.39. The quantitative estimate of drug-likeness (QED) is 0.466. The highest BCUT2D eigenvalue weighted by atomic mass is 35.5. The number of benzene rings is 1. The SMILES string of the molecule is O=C(N(Cl)c1ccc([N+](=O)[O-])cc1)N(Cl)C1CCCCC1. The molecule has 0 N–H and O–H groups in total. The van der Waals surface area contributed by atoms with Gasteiger partial charge in [0, 0.05) is 35.7 Å². The van der Waals surface area contributed by atoms with Gasteiger partial charge in [0.25, 0.3) is 5.69 Å². The highest BCUT2D eigenvalue weighted by Crippen LogP contribution is 2.28. The van der Waals surface area contributed by atoms with Gasteiger partial charge in [0.15, 0.2) is 0 Å². The van der Waals surface area contributed by atoms with E-state index < -0.39 is 11.0 Å². The number of halogens is 2. The second-order valence-electron chi connectivity index (χ2n) is 4.94. The van der Waals surface area contributed by atoms with E-state index in [1.165, 1.54) is 24.3 Å². The Morgan fingerprint density at radius 3 is 2.24 bits per heavy atom. The Hall–Kier alpha value is -1.53. The summed E-state index contributed by atoms with van der Waals surface area (Å²) >= 11 is 12.1. The normalized spacial score (nSPS) is 15.5. The first-order chi connectivity index (χ1) is 10.0. The molecule has 1 fully saturated rings. The highest BCUT2D eigenvalue weighted by Gasteiger charge is 2.28. The van der Waals surface area contributed by atoms with Crippen LogP contribution in [0.5, 0.6) is 0 Å². The Bertz CT molecular complexity index is 518. The van der Waals surface area contributed by atoms with Crippen LogP contribution in [0, 0.1) is 10.1 Å². The fourth-order valence-corrected chi connectivity index (χ4v) is 2.87. The van der Waals surface area contributed by atoms with E-state index in [0.29, 0.717) is 5.69 Å². The minimum atomic E-state index is -0.543. The molecule has 2 amide bonds. The van der Waals surface area contributed by atoms with Gasteiger partial charge < -0.3 is 0 Å². The van der Waals surface area contributed by atoms with Gasteiger partial charge >= 0.3 is 6.03 Å². The Morgan fingerprint density at radius 1 is 1.14 bits per heavy atom. The second-order valence-corrected chi connectivity index (χ2v) is 5.64. The van der Waals surface area contributed by atoms with Crippen LogP contribution in [0.2, 0.25) is 0 Å². The number of nitrogens with zero attached hydrogens (tertiary/aromatic N) is 3. The number of carbonyl (C=O) groups excluding carboxylic acids is 1. The van der Waals surface area contributed by atoms with Gasteiger partial charge in [0.05, 0.1) is 16.7 Å². The van der Waals surface area contributed by atoms with Crippen molar-refractivity contribution in [1.29, 1.82) is 0 Å². The summed E-state index contributed by atoms with van der Waals surface area (Å²) < 4.78 is 2.01. The first-order valence-corrected chi connectivity index (χ1v) is 7.37. The molecule has 0 heterocycles. The molecule has 0 radical (unpaired) electrons. The van der Waals surface area contributed by atoms with E-state index in [4.69, 9.17) is 23.6 Å². The lowest BCUT2D eigenvalue weighted by Gasteiger charge is -2.30. The number of nitro groups is 1. The van der Waals surface area contributed by atoms with Crippen molar-refractivity contribution in [3.63, 3.8) is 0 Å². The Balaban J connectivity index is 2.05. The van der Waals surface area contributed by atoms with E-state index in [1.807, 2.05) is 0 Å². The Labute approximate surface area is 132 Å². The minimum Gasteiger partial charge on any atom is -0.258 e. The summed E-state index contributed by atoms with van der Waals surface area (Å²) in [6.07, 6.45) is 4.96. The lowest BCUT2D eigenvalue weighted by molar-refractivity contribution is -0.384. The molecule has 8 heteroatoms. The number of hydrogen-bond donors (Lipinski definition) is 0. The van der Waals surface area contributed by atoms with Crippen LogP contribution in [0.25, 0.3) is 0 Å². The maximum absolute atomic E-state index is 12.2. The molecule has 0 aliphatic heterocycles. The van der Waals surface area contributed by atoms with Gasteiger partial charge in [-0.3, -0.25) is 10.1 Å². The van der Waals surface area contributed by atoms with Crippen molar-refractivity contribution in [2.75, 3.05) is 4.42 Å². The monoisotopic (exact) mass is 331 g/mol. The lowest BCUT2D eigenvalue weighted by Crippen LogP contribution is -2.40. The van der Waals surface area contributed by atoms with Crippen molar-refractivity contribution in [3.05, 3.63) is 34.4 Å². The average molecular weight is 332 g/mol. The summed E-state index contributed by atoms with van der Waals surface area (Å²) in [4.78, 5) is 22.3. The van der Waals surface area contributed by atoms with Crippen molar-refractivity contribution in [1.82, 2.24) is 4.42 Å². The molecule has 1 aromatic carbocycles. The number of rotatable bonds is 3. The molecule has 2 rings (SSSR count). The maximum Gasteiger partial charge on any atom is 0.354 e. The molecular weight excluding hydrogens is 317 g/mol. The van der Waals surface area contributed by atoms with Crippen molar-refractivity contribution < 1.29 is 9.72 Å². The fourth-order valence-electron chi connectivity index (χ4n) is 2.36. The number of hydrogen-bond acceptors (Lipinski definition) is 3. The topological polar surface area (TPSA) is 66.7 Å². The molecule has 1 saturated carbocycles. The van der Waals surface area contributed by atoms with Crippen LogP contribution in [0.3, 0.4) is 0 Å². The molecule has 21 heavy (non-hydrogen) atoms. The van der Waals surface area contributed by atoms with Gasteiger partial charge in [-0.15, -0.1) is 0 Å². The first-order valence-electron chi connectivity index (χ1n) is 6.70. The van der Waals surface area contributed by atoms with E-state index in [0.717, 1.165) is 40.9 Å². The zero-order valence-corrected chi connectivity index (χ0v) is 12.8. The van der Waals surface area contributed by atoms with Gasteiger partial charge in [0.2, 0.25) is 0 Å². The molecule has 0 aromatic heterocycles. The second kappa shape index (κ2) is 6.95. The third-order valence-corrected chi connectivity index (χ3v) is 4.29. The maximum atomic E-state index is 12.2. The van der Waals surface area contributed by atoms with E-state index in [2.05, 4.69) is 0 Å². The summed E-state index contributed by atoms with van der Waals surface area (Å²) in [5.74, 6) is 0. The summed E-state index contributed by atoms with van der Waals surface area (Å²) in [5.41, 5.74) is 0.278. The zero-order chi connectivity index (χ0) is 15.4. The summed E-state index contributed by atoms with van der Waals surface area (Å²) in [5, 5.41) is 10.6. The van der Waals surface area contributed by atoms with Crippen LogP contribution in [-0.4, -0.2) is 21.4 Å². The van der Waals surface area contributed by atoms with Crippen LogP contribution < -0.4 is 4.42 Å². The smallest absolute Gasteiger partial charge is 0.258 e. The molecule has 1 aliphatic rings. The van der Waals surface area contributed by atoms with Crippen LogP contribution in [0.4, 0.5) is 16.2 Å². The van der Waals surface area contributed by atoms with Crippen LogP contribution >= 0.6 is 23.6 Å². The fraction of sp³-hybridized carbons (Fsp3) is 0.462. The molecule has 1 aromatic rings. The zero-order valence-electron chi connectivity index (χ0n) is 11.2. The molecule has 0 atom stereocenters. The van der Waals surface area contributed by atoms with Gasteiger partial charge in [-0.1, -0.05) is 19.3 Å². The minimum absolute atomic E-state index is 0.0211. The Morgan fingerprint density at radius 2 is 1.71 bits per heavy atom. The number of non-ortho nitro benzene ring substituents is 1. The summed E-state index contributed by atoms with van der Waals surface area (Å²) in [6.45, 7) is 0. The average Bonchev–Trinajstić information content (AvgIpc) is 2.53. The van der Waals surface area contributed by atoms with E-state index in [1.54, 1.807) is 0 Å². The summed E-state index contributed by atoms with van der Waals surface area (Å²) in [6, 6.07) is 4.84. The first kappa shape index (κ1) is 15.9. The molecular formula is C13H15Cl2N3O3. The molecule has 0 unspecified atom stereocenters. The molecule has 1 aliphatic carbocycles. The van der Waals surface area contributed by atoms with Gasteiger partial charge in [-0.25, -0.2) is 13.6 Å². The largest absolute Gasteiger partial charge is 0.354 e. The van der Waals surface area contributed by atoms with E-state index >= 15 is 0 Å². The van der Waals surface area contributed by atoms with Gasteiger partial charge in [-0.05, 0) is 25.0 Å². The third-order valence-electron chi connectivity index (χ3n) is 3.53. The molecule has 0 spiro atoms. The molecule has 6 nitrogen and oxygen atoms in total. The predicted molar refractivity (Wildman–Crippen MR) is 81.4 cm³/mol. The number of carbonyl (C=O) groups is 1. The number of anilines is 1. The van der Waals surface area contributed by atoms with E-state index in [9.17, 15) is 14.9 Å². The predicted octanol–water partition coefficient (Wildman–Crippen LogP) is 4.46. The number of amides is 2.